The van der Waals surface area contributed by atoms with Crippen LogP contribution in [-0.2, 0) is 0 Å². The molecular weight excluding hydrogens is 272 g/mol. The number of nitrogens with zero attached hydrogens (tertiary/aromatic N) is 2. The minimum Gasteiger partial charge on any atom is -0.344 e. The number of rotatable bonds is 4. The van der Waals surface area contributed by atoms with Gasteiger partial charge in [-0.05, 0) is 36.2 Å². The number of nitrogens with two attached hydrogens (primary N) is 1. The van der Waals surface area contributed by atoms with E-state index >= 15 is 0 Å². The van der Waals surface area contributed by atoms with Crippen molar-refractivity contribution in [3.05, 3.63) is 10.6 Å². The Hall–Kier alpha value is -1.01. The molecule has 2 unspecified atom stereocenters. The highest BCUT2D eigenvalue weighted by atomic mass is 32.1. The van der Waals surface area contributed by atoms with E-state index < -0.39 is 0 Å². The lowest BCUT2D eigenvalue weighted by Crippen LogP contribution is -2.59. The van der Waals surface area contributed by atoms with Crippen LogP contribution in [-0.4, -0.2) is 27.6 Å². The van der Waals surface area contributed by atoms with Crippen molar-refractivity contribution in [2.45, 2.75) is 57.9 Å². The average Bonchev–Trinajstić information content (AvgIpc) is 2.91. The zero-order valence-corrected chi connectivity index (χ0v) is 13.3. The minimum atomic E-state index is -0.270. The lowest BCUT2D eigenvalue weighted by atomic mass is 9.73. The van der Waals surface area contributed by atoms with Crippen molar-refractivity contribution in [1.29, 1.82) is 0 Å². The fourth-order valence-corrected chi connectivity index (χ4v) is 3.68. The van der Waals surface area contributed by atoms with Gasteiger partial charge >= 0.3 is 0 Å². The van der Waals surface area contributed by atoms with E-state index in [9.17, 15) is 4.79 Å². The van der Waals surface area contributed by atoms with Gasteiger partial charge in [-0.3, -0.25) is 4.79 Å². The number of carbonyl (C=O) groups is 1. The number of carbonyl (C=O) groups excluding carboxylic acids is 1. The van der Waals surface area contributed by atoms with Crippen LogP contribution in [0.25, 0.3) is 0 Å². The Kier molecular flexibility index (Phi) is 4.75. The van der Waals surface area contributed by atoms with Crippen LogP contribution >= 0.6 is 11.5 Å². The van der Waals surface area contributed by atoms with Crippen LogP contribution in [0.5, 0.6) is 0 Å². The van der Waals surface area contributed by atoms with Gasteiger partial charge in [0.05, 0.1) is 11.2 Å². The van der Waals surface area contributed by atoms with E-state index in [1.165, 1.54) is 18.0 Å². The van der Waals surface area contributed by atoms with E-state index in [4.69, 9.17) is 5.73 Å². The van der Waals surface area contributed by atoms with Crippen LogP contribution in [0, 0.1) is 5.92 Å². The monoisotopic (exact) mass is 296 g/mol. The third-order valence-corrected chi connectivity index (χ3v) is 5.19. The number of amides is 1. The predicted molar refractivity (Wildman–Crippen MR) is 80.9 cm³/mol. The van der Waals surface area contributed by atoms with Gasteiger partial charge in [0, 0.05) is 6.54 Å². The Morgan fingerprint density at radius 2 is 2.30 bits per heavy atom. The fourth-order valence-electron chi connectivity index (χ4n) is 2.97. The van der Waals surface area contributed by atoms with Crippen LogP contribution in [0.2, 0.25) is 0 Å². The normalized spacial score (nSPS) is 26.8. The van der Waals surface area contributed by atoms with Crippen LogP contribution < -0.4 is 11.1 Å². The molecule has 2 atom stereocenters. The zero-order chi connectivity index (χ0) is 14.8. The molecule has 1 aromatic heterocycles. The minimum absolute atomic E-state index is 0.0668. The molecular formula is C14H24N4OS. The van der Waals surface area contributed by atoms with Gasteiger partial charge in [0.1, 0.15) is 4.88 Å². The summed E-state index contributed by atoms with van der Waals surface area (Å²) in [5.41, 5.74) is 6.50. The molecule has 2 rings (SSSR count). The molecule has 1 fully saturated rings. The lowest BCUT2D eigenvalue weighted by molar-refractivity contribution is 0.0815. The summed E-state index contributed by atoms with van der Waals surface area (Å²) >= 11 is 1.17. The van der Waals surface area contributed by atoms with Crippen molar-refractivity contribution >= 4 is 17.4 Å². The molecule has 5 nitrogen and oxygen atoms in total. The van der Waals surface area contributed by atoms with E-state index in [-0.39, 0.29) is 17.4 Å². The van der Waals surface area contributed by atoms with Gasteiger partial charge in [-0.1, -0.05) is 38.1 Å². The third kappa shape index (κ3) is 2.86. The standard InChI is InChI=1S/C14H24N4OS/c1-9(2)11-12(20-18-17-11)13(19)16-14(8-15)7-5-4-6-10(14)3/h9-10H,4-8,15H2,1-3H3,(H,16,19). The summed E-state index contributed by atoms with van der Waals surface area (Å²) in [6, 6.07) is 0. The molecule has 1 saturated carbocycles. The topological polar surface area (TPSA) is 80.9 Å². The van der Waals surface area contributed by atoms with Crippen LogP contribution in [0.1, 0.15) is 67.7 Å². The molecule has 20 heavy (non-hydrogen) atoms. The van der Waals surface area contributed by atoms with Crippen LogP contribution in [0.15, 0.2) is 0 Å². The Morgan fingerprint density at radius 1 is 1.55 bits per heavy atom. The van der Waals surface area contributed by atoms with Gasteiger partial charge < -0.3 is 11.1 Å². The molecule has 0 aliphatic heterocycles. The van der Waals surface area contributed by atoms with Crippen molar-refractivity contribution in [2.75, 3.05) is 6.54 Å². The first-order valence-corrected chi connectivity index (χ1v) is 8.12. The SMILES string of the molecule is CC(C)c1nnsc1C(=O)NC1(CN)CCCCC1C. The number of nitrogens with one attached hydrogen (secondary N) is 1. The Labute approximate surface area is 124 Å². The number of aromatic nitrogens is 2. The predicted octanol–water partition coefficient (Wildman–Crippen LogP) is 2.30. The molecule has 0 saturated heterocycles. The van der Waals surface area contributed by atoms with E-state index in [1.54, 1.807) is 0 Å². The summed E-state index contributed by atoms with van der Waals surface area (Å²) in [5, 5.41) is 7.27. The smallest absolute Gasteiger partial charge is 0.265 e. The summed E-state index contributed by atoms with van der Waals surface area (Å²) in [4.78, 5) is 13.2. The van der Waals surface area contributed by atoms with Crippen LogP contribution in [0.4, 0.5) is 0 Å². The highest BCUT2D eigenvalue weighted by Gasteiger charge is 2.39. The third-order valence-electron chi connectivity index (χ3n) is 4.45. The maximum absolute atomic E-state index is 12.6. The summed E-state index contributed by atoms with van der Waals surface area (Å²) in [5.74, 6) is 0.545. The van der Waals surface area contributed by atoms with Crippen LogP contribution in [0.3, 0.4) is 0 Å². The molecule has 1 aliphatic rings. The first-order valence-electron chi connectivity index (χ1n) is 7.35. The van der Waals surface area contributed by atoms with Gasteiger partial charge in [-0.2, -0.15) is 0 Å². The van der Waals surface area contributed by atoms with E-state index in [0.717, 1.165) is 25.0 Å². The van der Waals surface area contributed by atoms with Gasteiger partial charge in [0.2, 0.25) is 0 Å². The molecule has 0 bridgehead atoms. The molecule has 1 aliphatic carbocycles. The van der Waals surface area contributed by atoms with Crippen molar-refractivity contribution < 1.29 is 4.79 Å². The molecule has 0 spiro atoms. The average molecular weight is 296 g/mol. The second-order valence-corrected chi connectivity index (χ2v) is 6.86. The highest BCUT2D eigenvalue weighted by molar-refractivity contribution is 7.08. The Morgan fingerprint density at radius 3 is 2.90 bits per heavy atom. The zero-order valence-electron chi connectivity index (χ0n) is 12.5. The first kappa shape index (κ1) is 15.4. The largest absolute Gasteiger partial charge is 0.344 e. The Bertz CT molecular complexity index is 473. The summed E-state index contributed by atoms with van der Waals surface area (Å²) in [6.45, 7) is 6.72. The van der Waals surface area contributed by atoms with Crippen molar-refractivity contribution in [2.24, 2.45) is 11.7 Å². The van der Waals surface area contributed by atoms with E-state index in [2.05, 4.69) is 21.8 Å². The highest BCUT2D eigenvalue weighted by Crippen LogP contribution is 2.33. The van der Waals surface area contributed by atoms with Crippen molar-refractivity contribution in [1.82, 2.24) is 14.9 Å². The maximum atomic E-state index is 12.6. The first-order chi connectivity index (χ1) is 9.50. The van der Waals surface area contributed by atoms with Gasteiger partial charge in [-0.15, -0.1) is 5.10 Å². The molecule has 1 aromatic rings. The van der Waals surface area contributed by atoms with E-state index in [1.807, 2.05) is 13.8 Å². The molecule has 1 heterocycles. The van der Waals surface area contributed by atoms with E-state index in [0.29, 0.717) is 17.3 Å². The summed E-state index contributed by atoms with van der Waals surface area (Å²) in [7, 11) is 0. The second-order valence-electron chi connectivity index (χ2n) is 6.10. The van der Waals surface area contributed by atoms with Crippen molar-refractivity contribution in [3.63, 3.8) is 0 Å². The second kappa shape index (κ2) is 6.18. The summed E-state index contributed by atoms with van der Waals surface area (Å²) in [6.07, 6.45) is 4.42. The molecule has 3 N–H and O–H groups in total. The van der Waals surface area contributed by atoms with Crippen molar-refractivity contribution in [3.8, 4) is 0 Å². The summed E-state index contributed by atoms with van der Waals surface area (Å²) < 4.78 is 3.92. The van der Waals surface area contributed by atoms with Gasteiger partial charge in [0.25, 0.3) is 5.91 Å². The molecule has 6 heteroatoms. The maximum Gasteiger partial charge on any atom is 0.265 e. The Balaban J connectivity index is 2.19. The fraction of sp³-hybridized carbons (Fsp3) is 0.786. The lowest BCUT2D eigenvalue weighted by Gasteiger charge is -2.42. The quantitative estimate of drug-likeness (QED) is 0.893. The number of hydrogen-bond acceptors (Lipinski definition) is 5. The molecule has 1 amide bonds. The molecule has 112 valence electrons. The molecule has 0 aromatic carbocycles. The molecule has 0 radical (unpaired) electrons. The van der Waals surface area contributed by atoms with Gasteiger partial charge in [0.15, 0.2) is 0 Å². The van der Waals surface area contributed by atoms with Gasteiger partial charge in [-0.25, -0.2) is 0 Å². The number of hydrogen-bond donors (Lipinski definition) is 2.